The Hall–Kier alpha value is -3.19. The predicted molar refractivity (Wildman–Crippen MR) is 119 cm³/mol. The number of ether oxygens (including phenoxy) is 1. The third-order valence-electron chi connectivity index (χ3n) is 5.15. The summed E-state index contributed by atoms with van der Waals surface area (Å²) in [5, 5.41) is 11.0. The molecule has 1 aliphatic heterocycles. The summed E-state index contributed by atoms with van der Waals surface area (Å²) in [5.74, 6) is -0.782. The number of aliphatic hydroxyl groups is 1. The summed E-state index contributed by atoms with van der Waals surface area (Å²) < 4.78 is 5.59. The summed E-state index contributed by atoms with van der Waals surface area (Å²) in [5.41, 5.74) is 1.24. The number of Topliss-reactive ketones (excluding diaryl/α,β-unsaturated/α-hetero) is 1. The second-order valence-corrected chi connectivity index (χ2v) is 7.81. The number of aliphatic hydroxyl groups excluding tert-OH is 1. The summed E-state index contributed by atoms with van der Waals surface area (Å²) in [6.07, 6.45) is 4.87. The van der Waals surface area contributed by atoms with Gasteiger partial charge in [0, 0.05) is 24.5 Å². The van der Waals surface area contributed by atoms with E-state index < -0.39 is 17.7 Å². The van der Waals surface area contributed by atoms with E-state index in [1.54, 1.807) is 42.7 Å². The van der Waals surface area contributed by atoms with Gasteiger partial charge < -0.3 is 19.6 Å². The maximum absolute atomic E-state index is 13.0. The van der Waals surface area contributed by atoms with Crippen molar-refractivity contribution in [1.82, 2.24) is 14.8 Å². The molecule has 2 heterocycles. The van der Waals surface area contributed by atoms with Crippen LogP contribution in [0.5, 0.6) is 5.75 Å². The van der Waals surface area contributed by atoms with E-state index in [1.165, 1.54) is 4.90 Å². The second kappa shape index (κ2) is 10.2. The first-order chi connectivity index (χ1) is 14.9. The molecule has 2 aromatic rings. The van der Waals surface area contributed by atoms with Crippen LogP contribution in [0.25, 0.3) is 5.76 Å². The molecule has 1 aromatic carbocycles. The number of rotatable bonds is 9. The van der Waals surface area contributed by atoms with Gasteiger partial charge in [-0.1, -0.05) is 13.0 Å². The Morgan fingerprint density at radius 1 is 1.19 bits per heavy atom. The van der Waals surface area contributed by atoms with E-state index in [0.717, 1.165) is 13.0 Å². The zero-order valence-electron chi connectivity index (χ0n) is 18.2. The number of hydrogen-bond acceptors (Lipinski definition) is 6. The maximum Gasteiger partial charge on any atom is 0.295 e. The van der Waals surface area contributed by atoms with Crippen LogP contribution in [0.3, 0.4) is 0 Å². The van der Waals surface area contributed by atoms with E-state index in [1.807, 2.05) is 32.0 Å². The third-order valence-corrected chi connectivity index (χ3v) is 5.15. The third kappa shape index (κ3) is 5.11. The first-order valence-electron chi connectivity index (χ1n) is 10.5. The van der Waals surface area contributed by atoms with Crippen LogP contribution in [0.2, 0.25) is 0 Å². The van der Waals surface area contributed by atoms with Crippen LogP contribution in [0.15, 0.2) is 54.4 Å². The average Bonchev–Trinajstić information content (AvgIpc) is 3.03. The summed E-state index contributed by atoms with van der Waals surface area (Å²) in [4.78, 5) is 33.5. The van der Waals surface area contributed by atoms with Gasteiger partial charge in [0.15, 0.2) is 0 Å². The molecule has 1 atom stereocenters. The molecule has 1 aromatic heterocycles. The largest absolute Gasteiger partial charge is 0.507 e. The van der Waals surface area contributed by atoms with Crippen LogP contribution >= 0.6 is 0 Å². The van der Waals surface area contributed by atoms with Crippen molar-refractivity contribution in [3.05, 3.63) is 65.5 Å². The number of likely N-dealkylation sites (tertiary alicyclic amines) is 1. The van der Waals surface area contributed by atoms with Gasteiger partial charge in [-0.05, 0) is 69.4 Å². The Balaban J connectivity index is 1.99. The molecule has 31 heavy (non-hydrogen) atoms. The van der Waals surface area contributed by atoms with Crippen molar-refractivity contribution in [1.29, 1.82) is 0 Å². The molecule has 0 saturated carbocycles. The van der Waals surface area contributed by atoms with Gasteiger partial charge in [-0.15, -0.1) is 0 Å². The molecule has 0 bridgehead atoms. The quantitative estimate of drug-likeness (QED) is 0.379. The van der Waals surface area contributed by atoms with Gasteiger partial charge >= 0.3 is 0 Å². The van der Waals surface area contributed by atoms with Gasteiger partial charge in [-0.3, -0.25) is 14.6 Å². The monoisotopic (exact) mass is 423 g/mol. The number of amides is 1. The molecule has 0 aliphatic carbocycles. The van der Waals surface area contributed by atoms with Crippen molar-refractivity contribution >= 4 is 17.4 Å². The van der Waals surface area contributed by atoms with E-state index in [4.69, 9.17) is 4.74 Å². The van der Waals surface area contributed by atoms with Crippen molar-refractivity contribution < 1.29 is 19.4 Å². The lowest BCUT2D eigenvalue weighted by Crippen LogP contribution is -2.32. The Labute approximate surface area is 183 Å². The van der Waals surface area contributed by atoms with Gasteiger partial charge in [-0.2, -0.15) is 0 Å². The highest BCUT2D eigenvalue weighted by Crippen LogP contribution is 2.39. The normalized spacial score (nSPS) is 18.1. The summed E-state index contributed by atoms with van der Waals surface area (Å²) in [7, 11) is 3.92. The number of carbonyl (C=O) groups is 2. The molecule has 1 amide bonds. The fraction of sp³-hybridized carbons (Fsp3) is 0.375. The fourth-order valence-electron chi connectivity index (χ4n) is 3.64. The lowest BCUT2D eigenvalue weighted by atomic mass is 9.96. The maximum atomic E-state index is 13.0. The summed E-state index contributed by atoms with van der Waals surface area (Å²) in [6, 6.07) is 9.78. The van der Waals surface area contributed by atoms with Crippen molar-refractivity contribution in [2.75, 3.05) is 33.8 Å². The van der Waals surface area contributed by atoms with E-state index in [-0.39, 0.29) is 11.3 Å². The Kier molecular flexibility index (Phi) is 7.41. The van der Waals surface area contributed by atoms with Gasteiger partial charge in [0.05, 0.1) is 18.2 Å². The smallest absolute Gasteiger partial charge is 0.295 e. The summed E-state index contributed by atoms with van der Waals surface area (Å²) >= 11 is 0. The van der Waals surface area contributed by atoms with E-state index in [0.29, 0.717) is 36.4 Å². The molecule has 3 rings (SSSR count). The molecule has 164 valence electrons. The highest BCUT2D eigenvalue weighted by atomic mass is 16.5. The second-order valence-electron chi connectivity index (χ2n) is 7.81. The lowest BCUT2D eigenvalue weighted by Gasteiger charge is -2.25. The highest BCUT2D eigenvalue weighted by molar-refractivity contribution is 6.46. The van der Waals surface area contributed by atoms with E-state index >= 15 is 0 Å². The van der Waals surface area contributed by atoms with Crippen molar-refractivity contribution in [2.24, 2.45) is 0 Å². The van der Waals surface area contributed by atoms with Crippen LogP contribution in [-0.4, -0.2) is 65.4 Å². The fourth-order valence-corrected chi connectivity index (χ4v) is 3.64. The molecule has 1 aliphatic rings. The average molecular weight is 424 g/mol. The molecular formula is C24H29N3O4. The SMILES string of the molecule is CCCOc1ccc(C(O)=C2C(=O)C(=O)N(CCCN(C)C)[C@@H]2c2cccnc2)cc1. The Morgan fingerprint density at radius 2 is 1.94 bits per heavy atom. The Bertz CT molecular complexity index is 939. The highest BCUT2D eigenvalue weighted by Gasteiger charge is 2.45. The van der Waals surface area contributed by atoms with Gasteiger partial charge in [0.2, 0.25) is 0 Å². The molecule has 7 nitrogen and oxygen atoms in total. The topological polar surface area (TPSA) is 83.0 Å². The van der Waals surface area contributed by atoms with Crippen LogP contribution in [0.4, 0.5) is 0 Å². The van der Waals surface area contributed by atoms with Gasteiger partial charge in [-0.25, -0.2) is 0 Å². The molecule has 0 spiro atoms. The number of hydrogen-bond donors (Lipinski definition) is 1. The van der Waals surface area contributed by atoms with Crippen LogP contribution in [-0.2, 0) is 9.59 Å². The van der Waals surface area contributed by atoms with Gasteiger partial charge in [0.1, 0.15) is 11.5 Å². The van der Waals surface area contributed by atoms with Gasteiger partial charge in [0.25, 0.3) is 11.7 Å². The summed E-state index contributed by atoms with van der Waals surface area (Å²) in [6.45, 7) is 3.81. The van der Waals surface area contributed by atoms with Crippen molar-refractivity contribution in [3.8, 4) is 5.75 Å². The number of pyridine rings is 1. The number of nitrogens with zero attached hydrogens (tertiary/aromatic N) is 3. The van der Waals surface area contributed by atoms with E-state index in [9.17, 15) is 14.7 Å². The van der Waals surface area contributed by atoms with Crippen LogP contribution in [0, 0.1) is 0 Å². The molecule has 0 radical (unpaired) electrons. The first kappa shape index (κ1) is 22.5. The number of ketones is 1. The minimum Gasteiger partial charge on any atom is -0.507 e. The standard InChI is InChI=1S/C24H29N3O4/c1-4-15-31-19-10-8-17(9-11-19)22(28)20-21(18-7-5-12-25-16-18)27(24(30)23(20)29)14-6-13-26(2)3/h5,7-12,16,21,28H,4,6,13-15H2,1-3H3/t21-/m1/s1. The van der Waals surface area contributed by atoms with Crippen molar-refractivity contribution in [2.45, 2.75) is 25.8 Å². The molecule has 1 saturated heterocycles. The lowest BCUT2D eigenvalue weighted by molar-refractivity contribution is -0.139. The molecule has 7 heteroatoms. The number of carbonyl (C=O) groups excluding carboxylic acids is 2. The molecule has 1 N–H and O–H groups in total. The zero-order chi connectivity index (χ0) is 22.4. The Morgan fingerprint density at radius 3 is 2.55 bits per heavy atom. The number of benzene rings is 1. The number of aromatic nitrogens is 1. The first-order valence-corrected chi connectivity index (χ1v) is 10.5. The van der Waals surface area contributed by atoms with E-state index in [2.05, 4.69) is 4.98 Å². The van der Waals surface area contributed by atoms with Crippen LogP contribution < -0.4 is 4.74 Å². The molecular weight excluding hydrogens is 394 g/mol. The predicted octanol–water partition coefficient (Wildman–Crippen LogP) is 3.24. The van der Waals surface area contributed by atoms with Crippen molar-refractivity contribution in [3.63, 3.8) is 0 Å². The zero-order valence-corrected chi connectivity index (χ0v) is 18.2. The van der Waals surface area contributed by atoms with Crippen LogP contribution in [0.1, 0.15) is 36.9 Å². The molecule has 1 fully saturated rings. The molecule has 0 unspecified atom stereocenters. The minimum atomic E-state index is -0.678. The minimum absolute atomic E-state index is 0.0880.